The summed E-state index contributed by atoms with van der Waals surface area (Å²) in [6, 6.07) is 23.1. The number of carbonyl (C=O) groups is 3. The molecule has 2 N–H and O–H groups in total. The molecule has 0 unspecified atom stereocenters. The van der Waals surface area contributed by atoms with Crippen molar-refractivity contribution >= 4 is 41.3 Å². The first-order valence-electron chi connectivity index (χ1n) is 12.9. The van der Waals surface area contributed by atoms with Crippen molar-refractivity contribution < 1.29 is 28.6 Å². The van der Waals surface area contributed by atoms with Crippen molar-refractivity contribution in [1.29, 1.82) is 0 Å². The van der Waals surface area contributed by atoms with Crippen LogP contribution in [-0.4, -0.2) is 37.7 Å². The molecule has 0 aliphatic heterocycles. The lowest BCUT2D eigenvalue weighted by atomic mass is 10.1. The molecule has 0 aliphatic carbocycles. The number of esters is 1. The number of hydrogen-bond donors (Lipinski definition) is 2. The Morgan fingerprint density at radius 3 is 2.38 bits per heavy atom. The molecule has 4 aromatic carbocycles. The van der Waals surface area contributed by atoms with Crippen molar-refractivity contribution in [2.45, 2.75) is 13.8 Å². The molecule has 0 atom stereocenters. The van der Waals surface area contributed by atoms with E-state index in [2.05, 4.69) is 15.8 Å². The largest absolute Gasteiger partial charge is 0.496 e. The van der Waals surface area contributed by atoms with Crippen LogP contribution in [-0.2, 0) is 0 Å². The van der Waals surface area contributed by atoms with Crippen LogP contribution in [0.25, 0.3) is 0 Å². The zero-order chi connectivity index (χ0) is 30.1. The van der Waals surface area contributed by atoms with Crippen molar-refractivity contribution in [2.24, 2.45) is 5.10 Å². The Morgan fingerprint density at radius 2 is 1.62 bits per heavy atom. The third-order valence-electron chi connectivity index (χ3n) is 5.89. The number of ether oxygens (including phenoxy) is 3. The van der Waals surface area contributed by atoms with Gasteiger partial charge < -0.3 is 19.5 Å². The van der Waals surface area contributed by atoms with Crippen molar-refractivity contribution in [3.05, 3.63) is 118 Å². The van der Waals surface area contributed by atoms with Crippen molar-refractivity contribution in [3.63, 3.8) is 0 Å². The SMILES string of the molecule is CCOc1cc(C=NNC(=O)c2cccc(NC(=O)c3cc(Cl)ccc3OC)c2)ccc1OC(=O)c1cccc(C)c1. The Hall–Kier alpha value is -5.15. The minimum Gasteiger partial charge on any atom is -0.496 e. The van der Waals surface area contributed by atoms with E-state index < -0.39 is 17.8 Å². The van der Waals surface area contributed by atoms with Crippen LogP contribution in [0.15, 0.2) is 90.0 Å². The number of hydrogen-bond acceptors (Lipinski definition) is 7. The summed E-state index contributed by atoms with van der Waals surface area (Å²) in [5, 5.41) is 7.16. The fourth-order valence-electron chi connectivity index (χ4n) is 3.91. The molecule has 0 aromatic heterocycles. The van der Waals surface area contributed by atoms with Crippen LogP contribution < -0.4 is 25.0 Å². The van der Waals surface area contributed by atoms with Crippen LogP contribution in [0, 0.1) is 6.92 Å². The quantitative estimate of drug-likeness (QED) is 0.0978. The average Bonchev–Trinajstić information content (AvgIpc) is 2.98. The second-order valence-electron chi connectivity index (χ2n) is 8.98. The van der Waals surface area contributed by atoms with E-state index in [1.165, 1.54) is 25.5 Å². The smallest absolute Gasteiger partial charge is 0.343 e. The van der Waals surface area contributed by atoms with E-state index in [4.69, 9.17) is 25.8 Å². The van der Waals surface area contributed by atoms with Crippen molar-refractivity contribution in [2.75, 3.05) is 19.0 Å². The molecule has 0 bridgehead atoms. The monoisotopic (exact) mass is 585 g/mol. The second-order valence-corrected chi connectivity index (χ2v) is 9.41. The Labute approximate surface area is 248 Å². The molecule has 9 nitrogen and oxygen atoms in total. The number of rotatable bonds is 10. The summed E-state index contributed by atoms with van der Waals surface area (Å²) in [4.78, 5) is 38.1. The van der Waals surface area contributed by atoms with Gasteiger partial charge in [-0.1, -0.05) is 35.4 Å². The number of nitrogens with zero attached hydrogens (tertiary/aromatic N) is 1. The maximum atomic E-state index is 12.8. The molecule has 2 amide bonds. The first-order chi connectivity index (χ1) is 20.3. The Bertz CT molecular complexity index is 1650. The van der Waals surface area contributed by atoms with E-state index in [1.54, 1.807) is 66.7 Å². The van der Waals surface area contributed by atoms with Crippen LogP contribution in [0.2, 0.25) is 5.02 Å². The highest BCUT2D eigenvalue weighted by Gasteiger charge is 2.15. The fraction of sp³-hybridized carbons (Fsp3) is 0.125. The molecular formula is C32H28ClN3O6. The number of aryl methyl sites for hydroxylation is 1. The number of benzene rings is 4. The van der Waals surface area contributed by atoms with Gasteiger partial charge >= 0.3 is 5.97 Å². The Balaban J connectivity index is 1.41. The number of nitrogens with one attached hydrogen (secondary N) is 2. The summed E-state index contributed by atoms with van der Waals surface area (Å²) in [5.41, 5.74) is 5.37. The van der Waals surface area contributed by atoms with Crippen LogP contribution >= 0.6 is 11.6 Å². The first kappa shape index (κ1) is 29.8. The van der Waals surface area contributed by atoms with Crippen LogP contribution in [0.3, 0.4) is 0 Å². The van der Waals surface area contributed by atoms with E-state index >= 15 is 0 Å². The standard InChI is InChI=1S/C32H28ClN3O6/c1-4-41-29-16-21(11-13-28(29)42-32(39)23-9-5-7-20(2)15-23)19-34-36-30(37)22-8-6-10-25(17-22)35-31(38)26-18-24(33)12-14-27(26)40-3/h5-19H,4H2,1-3H3,(H,35,38)(H,36,37). The summed E-state index contributed by atoms with van der Waals surface area (Å²) in [6.07, 6.45) is 1.43. The van der Waals surface area contributed by atoms with Gasteiger partial charge in [0.05, 0.1) is 31.1 Å². The molecule has 0 saturated carbocycles. The molecule has 214 valence electrons. The van der Waals surface area contributed by atoms with Crippen LogP contribution in [0.4, 0.5) is 5.69 Å². The third-order valence-corrected chi connectivity index (χ3v) is 6.13. The van der Waals surface area contributed by atoms with Gasteiger partial charge in [0.2, 0.25) is 0 Å². The average molecular weight is 586 g/mol. The molecule has 0 heterocycles. The van der Waals surface area contributed by atoms with Gasteiger partial charge in [-0.05, 0) is 86.1 Å². The van der Waals surface area contributed by atoms with E-state index in [1.807, 2.05) is 19.9 Å². The van der Waals surface area contributed by atoms with Gasteiger partial charge in [0.25, 0.3) is 11.8 Å². The normalized spacial score (nSPS) is 10.7. The summed E-state index contributed by atoms with van der Waals surface area (Å²) in [7, 11) is 1.46. The van der Waals surface area contributed by atoms with E-state index in [9.17, 15) is 14.4 Å². The van der Waals surface area contributed by atoms with Gasteiger partial charge in [-0.2, -0.15) is 5.10 Å². The number of methoxy groups -OCH3 is 1. The van der Waals surface area contributed by atoms with E-state index in [-0.39, 0.29) is 16.9 Å². The highest BCUT2D eigenvalue weighted by Crippen LogP contribution is 2.29. The van der Waals surface area contributed by atoms with Crippen molar-refractivity contribution in [3.8, 4) is 17.2 Å². The van der Waals surface area contributed by atoms with Gasteiger partial charge in [0.15, 0.2) is 11.5 Å². The van der Waals surface area contributed by atoms with Crippen LogP contribution in [0.1, 0.15) is 49.1 Å². The molecule has 42 heavy (non-hydrogen) atoms. The highest BCUT2D eigenvalue weighted by molar-refractivity contribution is 6.31. The Morgan fingerprint density at radius 1 is 0.857 bits per heavy atom. The summed E-state index contributed by atoms with van der Waals surface area (Å²) < 4.78 is 16.5. The van der Waals surface area contributed by atoms with Gasteiger partial charge in [0.1, 0.15) is 5.75 Å². The molecule has 4 aromatic rings. The molecule has 10 heteroatoms. The van der Waals surface area contributed by atoms with E-state index in [0.29, 0.717) is 39.9 Å². The van der Waals surface area contributed by atoms with Crippen LogP contribution in [0.5, 0.6) is 17.2 Å². The van der Waals surface area contributed by atoms with Gasteiger partial charge in [-0.3, -0.25) is 9.59 Å². The number of carbonyl (C=O) groups excluding carboxylic acids is 3. The molecule has 0 radical (unpaired) electrons. The lowest BCUT2D eigenvalue weighted by Crippen LogP contribution is -2.18. The maximum Gasteiger partial charge on any atom is 0.343 e. The minimum atomic E-state index is -0.501. The predicted molar refractivity (Wildman–Crippen MR) is 161 cm³/mol. The summed E-state index contributed by atoms with van der Waals surface area (Å²) >= 11 is 6.03. The molecule has 0 fully saturated rings. The summed E-state index contributed by atoms with van der Waals surface area (Å²) in [6.45, 7) is 4.06. The topological polar surface area (TPSA) is 115 Å². The maximum absolute atomic E-state index is 12.8. The van der Waals surface area contributed by atoms with Crippen molar-refractivity contribution in [1.82, 2.24) is 5.43 Å². The van der Waals surface area contributed by atoms with Gasteiger partial charge in [-0.15, -0.1) is 0 Å². The summed E-state index contributed by atoms with van der Waals surface area (Å²) in [5.74, 6) is -0.449. The van der Waals surface area contributed by atoms with Gasteiger partial charge in [-0.25, -0.2) is 10.2 Å². The minimum absolute atomic E-state index is 0.256. The second kappa shape index (κ2) is 14.0. The zero-order valence-electron chi connectivity index (χ0n) is 23.1. The fourth-order valence-corrected chi connectivity index (χ4v) is 4.08. The lowest BCUT2D eigenvalue weighted by molar-refractivity contribution is 0.0727. The number of amides is 2. The Kier molecular flexibility index (Phi) is 9.91. The number of halogens is 1. The molecule has 4 rings (SSSR count). The predicted octanol–water partition coefficient (Wildman–Crippen LogP) is 6.29. The first-order valence-corrected chi connectivity index (χ1v) is 13.3. The number of hydrazone groups is 1. The molecular weight excluding hydrogens is 558 g/mol. The molecule has 0 saturated heterocycles. The number of anilines is 1. The third kappa shape index (κ3) is 7.74. The molecule has 0 spiro atoms. The van der Waals surface area contributed by atoms with E-state index in [0.717, 1.165) is 5.56 Å². The highest BCUT2D eigenvalue weighted by atomic mass is 35.5. The van der Waals surface area contributed by atoms with Gasteiger partial charge in [0, 0.05) is 16.3 Å². The zero-order valence-corrected chi connectivity index (χ0v) is 23.9. The molecule has 0 aliphatic rings. The lowest BCUT2D eigenvalue weighted by Gasteiger charge is -2.11.